The number of guanidine groups is 1. The van der Waals surface area contributed by atoms with Crippen LogP contribution in [-0.2, 0) is 17.9 Å². The van der Waals surface area contributed by atoms with E-state index in [4.69, 9.17) is 0 Å². The molecule has 0 spiro atoms. The topological polar surface area (TPSA) is 60.0 Å². The second-order valence-electron chi connectivity index (χ2n) is 8.21. The largest absolute Gasteiger partial charge is 0.354 e. The first-order chi connectivity index (χ1) is 13.5. The summed E-state index contributed by atoms with van der Waals surface area (Å²) in [5.74, 6) is 1.14. The molecule has 1 aromatic rings. The summed E-state index contributed by atoms with van der Waals surface area (Å²) < 4.78 is 0. The van der Waals surface area contributed by atoms with Gasteiger partial charge in [0.15, 0.2) is 5.96 Å². The fourth-order valence-electron chi connectivity index (χ4n) is 4.06. The fraction of sp³-hybridized carbons (Fsp3) is 0.636. The van der Waals surface area contributed by atoms with Gasteiger partial charge in [0.2, 0.25) is 5.91 Å². The van der Waals surface area contributed by atoms with E-state index in [9.17, 15) is 4.79 Å². The zero-order valence-electron chi connectivity index (χ0n) is 18.0. The molecule has 2 fully saturated rings. The van der Waals surface area contributed by atoms with Crippen LogP contribution in [0.15, 0.2) is 29.3 Å². The van der Waals surface area contributed by atoms with Gasteiger partial charge in [0, 0.05) is 58.3 Å². The lowest BCUT2D eigenvalue weighted by Crippen LogP contribution is -2.49. The molecule has 0 bridgehead atoms. The quantitative estimate of drug-likeness (QED) is 0.349. The molecule has 2 aliphatic rings. The second-order valence-corrected chi connectivity index (χ2v) is 8.21. The molecule has 2 aliphatic heterocycles. The number of hydrogen-bond acceptors (Lipinski definition) is 3. The minimum Gasteiger partial charge on any atom is -0.354 e. The number of amides is 1. The first kappa shape index (κ1) is 23.9. The standard InChI is InChI=1S/C22H35N5O.HI/c1-17(2)26-12-9-20(10-13-26)25-22(23-3)24-15-18-6-4-7-19(14-18)16-27-11-5-8-21(27)28;/h4,6-7,14,17,20H,5,8-13,15-16H2,1-3H3,(H2,23,24,25);1H. The highest BCUT2D eigenvalue weighted by atomic mass is 127. The van der Waals surface area contributed by atoms with Gasteiger partial charge in [-0.15, -0.1) is 24.0 Å². The zero-order chi connectivity index (χ0) is 19.9. The number of aliphatic imine (C=N–C) groups is 1. The Bertz CT molecular complexity index is 686. The number of halogens is 1. The summed E-state index contributed by atoms with van der Waals surface area (Å²) in [6.07, 6.45) is 3.98. The van der Waals surface area contributed by atoms with Crippen LogP contribution in [-0.4, -0.2) is 60.4 Å². The van der Waals surface area contributed by atoms with Crippen LogP contribution in [0.1, 0.15) is 50.7 Å². The highest BCUT2D eigenvalue weighted by Gasteiger charge is 2.22. The van der Waals surface area contributed by atoms with Crippen LogP contribution in [0.3, 0.4) is 0 Å². The zero-order valence-corrected chi connectivity index (χ0v) is 20.3. The molecule has 0 saturated carbocycles. The summed E-state index contributed by atoms with van der Waals surface area (Å²) in [7, 11) is 1.83. The highest BCUT2D eigenvalue weighted by Crippen LogP contribution is 2.15. The van der Waals surface area contributed by atoms with Gasteiger partial charge in [-0.2, -0.15) is 0 Å². The molecule has 2 saturated heterocycles. The van der Waals surface area contributed by atoms with Crippen molar-refractivity contribution >= 4 is 35.8 Å². The van der Waals surface area contributed by atoms with Crippen molar-refractivity contribution in [2.75, 3.05) is 26.7 Å². The SMILES string of the molecule is CN=C(NCc1cccc(CN2CCCC2=O)c1)NC1CCN(C(C)C)CC1.I. The average molecular weight is 513 g/mol. The lowest BCUT2D eigenvalue weighted by Gasteiger charge is -2.35. The van der Waals surface area contributed by atoms with E-state index in [1.165, 1.54) is 11.1 Å². The van der Waals surface area contributed by atoms with Crippen LogP contribution in [0, 0.1) is 0 Å². The molecule has 6 nitrogen and oxygen atoms in total. The van der Waals surface area contributed by atoms with Gasteiger partial charge in [-0.05, 0) is 44.2 Å². The molecule has 1 aromatic carbocycles. The van der Waals surface area contributed by atoms with Crippen molar-refractivity contribution in [1.29, 1.82) is 0 Å². The van der Waals surface area contributed by atoms with E-state index >= 15 is 0 Å². The van der Waals surface area contributed by atoms with E-state index in [-0.39, 0.29) is 29.9 Å². The van der Waals surface area contributed by atoms with Crippen molar-refractivity contribution in [2.24, 2.45) is 4.99 Å². The van der Waals surface area contributed by atoms with E-state index in [0.717, 1.165) is 51.4 Å². The molecule has 0 aliphatic carbocycles. The predicted octanol–water partition coefficient (Wildman–Crippen LogP) is 2.96. The van der Waals surface area contributed by atoms with Gasteiger partial charge in [-0.25, -0.2) is 0 Å². The summed E-state index contributed by atoms with van der Waals surface area (Å²) in [6, 6.07) is 9.59. The summed E-state index contributed by atoms with van der Waals surface area (Å²) >= 11 is 0. The Morgan fingerprint density at radius 1 is 1.21 bits per heavy atom. The van der Waals surface area contributed by atoms with Crippen molar-refractivity contribution < 1.29 is 4.79 Å². The van der Waals surface area contributed by atoms with Crippen molar-refractivity contribution in [3.63, 3.8) is 0 Å². The van der Waals surface area contributed by atoms with E-state index in [1.54, 1.807) is 0 Å². The maximum absolute atomic E-state index is 11.9. The predicted molar refractivity (Wildman–Crippen MR) is 130 cm³/mol. The summed E-state index contributed by atoms with van der Waals surface area (Å²) in [4.78, 5) is 20.7. The van der Waals surface area contributed by atoms with Crippen LogP contribution in [0.25, 0.3) is 0 Å². The van der Waals surface area contributed by atoms with Gasteiger partial charge in [-0.1, -0.05) is 24.3 Å². The molecule has 7 heteroatoms. The third kappa shape index (κ3) is 7.13. The number of nitrogens with zero attached hydrogens (tertiary/aromatic N) is 3. The van der Waals surface area contributed by atoms with E-state index in [0.29, 0.717) is 25.0 Å². The van der Waals surface area contributed by atoms with Crippen molar-refractivity contribution in [3.05, 3.63) is 35.4 Å². The van der Waals surface area contributed by atoms with E-state index in [1.807, 2.05) is 11.9 Å². The maximum Gasteiger partial charge on any atom is 0.222 e. The van der Waals surface area contributed by atoms with Gasteiger partial charge < -0.3 is 20.4 Å². The summed E-state index contributed by atoms with van der Waals surface area (Å²) in [6.45, 7) is 9.14. The van der Waals surface area contributed by atoms with Gasteiger partial charge in [0.25, 0.3) is 0 Å². The molecule has 0 unspecified atom stereocenters. The molecular formula is C22H36IN5O. The first-order valence-corrected chi connectivity index (χ1v) is 10.6. The Kier molecular flexibility index (Phi) is 9.68. The Morgan fingerprint density at radius 3 is 2.55 bits per heavy atom. The van der Waals surface area contributed by atoms with Gasteiger partial charge >= 0.3 is 0 Å². The summed E-state index contributed by atoms with van der Waals surface area (Å²) in [5.41, 5.74) is 2.40. The first-order valence-electron chi connectivity index (χ1n) is 10.6. The molecule has 0 radical (unpaired) electrons. The smallest absolute Gasteiger partial charge is 0.222 e. The molecule has 162 valence electrons. The number of benzene rings is 1. The second kappa shape index (κ2) is 11.7. The Balaban J connectivity index is 0.00000300. The molecule has 3 rings (SSSR count). The molecule has 0 aromatic heterocycles. The number of piperidine rings is 1. The molecule has 2 heterocycles. The number of nitrogens with one attached hydrogen (secondary N) is 2. The minimum atomic E-state index is 0. The van der Waals surface area contributed by atoms with Crippen LogP contribution in [0.5, 0.6) is 0 Å². The number of hydrogen-bond donors (Lipinski definition) is 2. The average Bonchev–Trinajstić information content (AvgIpc) is 3.10. The molecule has 29 heavy (non-hydrogen) atoms. The monoisotopic (exact) mass is 513 g/mol. The summed E-state index contributed by atoms with van der Waals surface area (Å²) in [5, 5.41) is 7.02. The lowest BCUT2D eigenvalue weighted by molar-refractivity contribution is -0.128. The third-order valence-corrected chi connectivity index (χ3v) is 5.82. The van der Waals surface area contributed by atoms with Crippen LogP contribution in [0.4, 0.5) is 0 Å². The van der Waals surface area contributed by atoms with Crippen molar-refractivity contribution in [2.45, 2.75) is 64.7 Å². The normalized spacial score (nSPS) is 18.8. The van der Waals surface area contributed by atoms with Crippen molar-refractivity contribution in [1.82, 2.24) is 20.4 Å². The van der Waals surface area contributed by atoms with Crippen LogP contribution >= 0.6 is 24.0 Å². The molecule has 1 amide bonds. The van der Waals surface area contributed by atoms with E-state index in [2.05, 4.69) is 58.6 Å². The van der Waals surface area contributed by atoms with Crippen molar-refractivity contribution in [3.8, 4) is 0 Å². The fourth-order valence-corrected chi connectivity index (χ4v) is 4.06. The third-order valence-electron chi connectivity index (χ3n) is 5.82. The number of carbonyl (C=O) groups excluding carboxylic acids is 1. The van der Waals surface area contributed by atoms with Crippen LogP contribution < -0.4 is 10.6 Å². The van der Waals surface area contributed by atoms with E-state index < -0.39 is 0 Å². The maximum atomic E-state index is 11.9. The van der Waals surface area contributed by atoms with Gasteiger partial charge in [0.1, 0.15) is 0 Å². The number of carbonyl (C=O) groups is 1. The van der Waals surface area contributed by atoms with Gasteiger partial charge in [0.05, 0.1) is 0 Å². The van der Waals surface area contributed by atoms with Gasteiger partial charge in [-0.3, -0.25) is 9.79 Å². The molecular weight excluding hydrogens is 477 g/mol. The lowest BCUT2D eigenvalue weighted by atomic mass is 10.0. The number of rotatable bonds is 6. The Hall–Kier alpha value is -1.35. The minimum absolute atomic E-state index is 0. The number of likely N-dealkylation sites (tertiary alicyclic amines) is 2. The Morgan fingerprint density at radius 2 is 1.93 bits per heavy atom. The van der Waals surface area contributed by atoms with Crippen LogP contribution in [0.2, 0.25) is 0 Å². The highest BCUT2D eigenvalue weighted by molar-refractivity contribution is 14.0. The molecule has 2 N–H and O–H groups in total. The Labute approximate surface area is 192 Å². The molecule has 0 atom stereocenters.